The van der Waals surface area contributed by atoms with Gasteiger partial charge in [-0.25, -0.2) is 0 Å². The van der Waals surface area contributed by atoms with Crippen LogP contribution in [0.1, 0.15) is 17.9 Å². The van der Waals surface area contributed by atoms with Gasteiger partial charge in [-0.05, 0) is 94.0 Å². The van der Waals surface area contributed by atoms with Gasteiger partial charge < -0.3 is 0 Å². The smallest absolute Gasteiger partial charge is 0.0201 e. The van der Waals surface area contributed by atoms with Gasteiger partial charge in [-0.3, -0.25) is 0 Å². The van der Waals surface area contributed by atoms with Crippen molar-refractivity contribution in [3.8, 4) is 33.4 Å². The Morgan fingerprint density at radius 2 is 1.13 bits per heavy atom. The van der Waals surface area contributed by atoms with Gasteiger partial charge in [0.25, 0.3) is 0 Å². The first-order chi connectivity index (χ1) is 23.3. The standard InChI is InChI=1S/C46H30S/c1-3-13-29(14-4-1)31-20-11-21-34-32(31)25-26-40-44(37-19-8-7-18-36(37)43(46(34)40)30-15-5-2-6-16-30)39-27-28-42-45-35(22-12-23-38(39)45)33-17-9-10-24-41(33)47-42/h1-16,18-28,33H,17H2. The van der Waals surface area contributed by atoms with Crippen LogP contribution in [0.4, 0.5) is 0 Å². The second-order valence-corrected chi connectivity index (χ2v) is 13.8. The van der Waals surface area contributed by atoms with E-state index < -0.39 is 0 Å². The van der Waals surface area contributed by atoms with E-state index in [1.54, 1.807) is 0 Å². The van der Waals surface area contributed by atoms with Crippen molar-refractivity contribution in [1.82, 2.24) is 0 Å². The minimum atomic E-state index is 0.436. The monoisotopic (exact) mass is 614 g/mol. The maximum atomic E-state index is 2.40. The lowest BCUT2D eigenvalue weighted by Crippen LogP contribution is -2.08. The van der Waals surface area contributed by atoms with Crippen LogP contribution in [0, 0.1) is 0 Å². The Kier molecular flexibility index (Phi) is 6.04. The fourth-order valence-electron chi connectivity index (χ4n) is 8.22. The molecule has 0 nitrogen and oxygen atoms in total. The van der Waals surface area contributed by atoms with Gasteiger partial charge in [0.05, 0.1) is 0 Å². The van der Waals surface area contributed by atoms with Crippen molar-refractivity contribution < 1.29 is 0 Å². The molecule has 0 radical (unpaired) electrons. The van der Waals surface area contributed by atoms with E-state index in [-0.39, 0.29) is 0 Å². The van der Waals surface area contributed by atoms with E-state index in [2.05, 4.69) is 164 Å². The molecule has 1 heterocycles. The molecule has 0 saturated heterocycles. The second-order valence-electron chi connectivity index (χ2n) is 12.7. The molecule has 1 heteroatoms. The number of fused-ring (bicyclic) bond motifs is 6. The van der Waals surface area contributed by atoms with Crippen LogP contribution in [0.25, 0.3) is 76.5 Å². The molecule has 0 N–H and O–H groups in total. The Labute approximate surface area is 278 Å². The Bertz CT molecular complexity index is 2610. The van der Waals surface area contributed by atoms with Crippen molar-refractivity contribution in [2.24, 2.45) is 0 Å². The Balaban J connectivity index is 1.37. The Hall–Kier alpha value is -5.37. The lowest BCUT2D eigenvalue weighted by Gasteiger charge is -2.30. The van der Waals surface area contributed by atoms with Gasteiger partial charge in [-0.2, -0.15) is 0 Å². The normalized spacial score (nSPS) is 15.3. The van der Waals surface area contributed by atoms with Crippen LogP contribution in [0.5, 0.6) is 0 Å². The predicted molar refractivity (Wildman–Crippen MR) is 203 cm³/mol. The summed E-state index contributed by atoms with van der Waals surface area (Å²) in [6.07, 6.45) is 7.92. The maximum absolute atomic E-state index is 2.40. The van der Waals surface area contributed by atoms with Gasteiger partial charge in [0, 0.05) is 16.2 Å². The van der Waals surface area contributed by atoms with Crippen LogP contribution in [0.15, 0.2) is 174 Å². The van der Waals surface area contributed by atoms with Gasteiger partial charge in [-0.15, -0.1) is 0 Å². The molecule has 0 bridgehead atoms. The third-order valence-corrected chi connectivity index (χ3v) is 11.4. The van der Waals surface area contributed by atoms with Crippen LogP contribution >= 0.6 is 11.8 Å². The van der Waals surface area contributed by atoms with Gasteiger partial charge in [0.2, 0.25) is 0 Å². The average molecular weight is 615 g/mol. The molecule has 0 spiro atoms. The molecule has 1 aliphatic heterocycles. The van der Waals surface area contributed by atoms with Crippen molar-refractivity contribution >= 4 is 54.9 Å². The van der Waals surface area contributed by atoms with E-state index in [4.69, 9.17) is 0 Å². The molecule has 0 amide bonds. The van der Waals surface area contributed by atoms with Crippen LogP contribution < -0.4 is 0 Å². The molecule has 1 aliphatic carbocycles. The van der Waals surface area contributed by atoms with Crippen molar-refractivity contribution in [3.05, 3.63) is 174 Å². The summed E-state index contributed by atoms with van der Waals surface area (Å²) in [5.74, 6) is 0.436. The van der Waals surface area contributed by atoms with Crippen LogP contribution in [-0.2, 0) is 0 Å². The number of rotatable bonds is 3. The molecule has 8 aromatic carbocycles. The first-order valence-electron chi connectivity index (χ1n) is 16.5. The number of hydrogen-bond donors (Lipinski definition) is 0. The van der Waals surface area contributed by atoms with Gasteiger partial charge in [-0.1, -0.05) is 170 Å². The molecule has 220 valence electrons. The third kappa shape index (κ3) is 4.03. The van der Waals surface area contributed by atoms with E-state index in [1.165, 1.54) is 91.8 Å². The quantitative estimate of drug-likeness (QED) is 0.141. The third-order valence-electron chi connectivity index (χ3n) is 10.2. The lowest BCUT2D eigenvalue weighted by molar-refractivity contribution is 0.842. The molecule has 1 unspecified atom stereocenters. The molecule has 10 rings (SSSR count). The summed E-state index contributed by atoms with van der Waals surface area (Å²) < 4.78 is 0. The van der Waals surface area contributed by atoms with Crippen molar-refractivity contribution in [3.63, 3.8) is 0 Å². The summed E-state index contributed by atoms with van der Waals surface area (Å²) >= 11 is 1.96. The minimum Gasteiger partial charge on any atom is -0.0932 e. The zero-order chi connectivity index (χ0) is 30.9. The van der Waals surface area contributed by atoms with E-state index >= 15 is 0 Å². The fourth-order valence-corrected chi connectivity index (χ4v) is 9.45. The highest BCUT2D eigenvalue weighted by Gasteiger charge is 2.28. The second kappa shape index (κ2) is 10.6. The van der Waals surface area contributed by atoms with Crippen LogP contribution in [0.3, 0.4) is 0 Å². The Morgan fingerprint density at radius 3 is 1.96 bits per heavy atom. The molecule has 1 atom stereocenters. The highest BCUT2D eigenvalue weighted by molar-refractivity contribution is 8.03. The summed E-state index contributed by atoms with van der Waals surface area (Å²) in [7, 11) is 0. The Morgan fingerprint density at radius 1 is 0.447 bits per heavy atom. The molecule has 0 aromatic heterocycles. The lowest BCUT2D eigenvalue weighted by atomic mass is 9.81. The summed E-state index contributed by atoms with van der Waals surface area (Å²) in [6.45, 7) is 0. The van der Waals surface area contributed by atoms with E-state index in [0.29, 0.717) is 5.92 Å². The summed E-state index contributed by atoms with van der Waals surface area (Å²) in [5.41, 5.74) is 9.15. The predicted octanol–water partition coefficient (Wildman–Crippen LogP) is 13.3. The van der Waals surface area contributed by atoms with Crippen molar-refractivity contribution in [1.29, 1.82) is 0 Å². The summed E-state index contributed by atoms with van der Waals surface area (Å²) in [5, 5.41) is 10.5. The number of hydrogen-bond acceptors (Lipinski definition) is 1. The van der Waals surface area contributed by atoms with E-state index in [9.17, 15) is 0 Å². The van der Waals surface area contributed by atoms with Crippen LogP contribution in [0.2, 0.25) is 0 Å². The molecule has 0 saturated carbocycles. The van der Waals surface area contributed by atoms with Crippen molar-refractivity contribution in [2.45, 2.75) is 17.2 Å². The molecule has 2 aliphatic rings. The fraction of sp³-hybridized carbons (Fsp3) is 0.0435. The molecular formula is C46H30S. The molecular weight excluding hydrogens is 585 g/mol. The summed E-state index contributed by atoms with van der Waals surface area (Å²) in [4.78, 5) is 2.83. The molecule has 8 aromatic rings. The molecule has 0 fully saturated rings. The SMILES string of the molecule is C1=CCC2C(=C1)Sc1ccc(-c3c4ccccc4c(-c4ccccc4)c4c3ccc3c(-c5ccccc5)cccc34)c3cccc2c13. The average Bonchev–Trinajstić information content (AvgIpc) is 3.14. The van der Waals surface area contributed by atoms with Crippen molar-refractivity contribution in [2.75, 3.05) is 0 Å². The van der Waals surface area contributed by atoms with Gasteiger partial charge in [0.15, 0.2) is 0 Å². The zero-order valence-electron chi connectivity index (χ0n) is 25.8. The minimum absolute atomic E-state index is 0.436. The first kappa shape index (κ1) is 26.8. The zero-order valence-corrected chi connectivity index (χ0v) is 26.6. The highest BCUT2D eigenvalue weighted by atomic mass is 32.2. The maximum Gasteiger partial charge on any atom is 0.0201 e. The largest absolute Gasteiger partial charge is 0.0932 e. The summed E-state index contributed by atoms with van der Waals surface area (Å²) in [6, 6.07) is 54.2. The first-order valence-corrected chi connectivity index (χ1v) is 17.3. The van der Waals surface area contributed by atoms with Gasteiger partial charge >= 0.3 is 0 Å². The van der Waals surface area contributed by atoms with Crippen LogP contribution in [-0.4, -0.2) is 0 Å². The number of benzene rings is 8. The van der Waals surface area contributed by atoms with E-state index in [1.807, 2.05) is 11.8 Å². The number of thioether (sulfide) groups is 1. The van der Waals surface area contributed by atoms with Gasteiger partial charge in [0.1, 0.15) is 0 Å². The topological polar surface area (TPSA) is 0 Å². The molecule has 47 heavy (non-hydrogen) atoms. The highest BCUT2D eigenvalue weighted by Crippen LogP contribution is 2.54. The van der Waals surface area contributed by atoms with E-state index in [0.717, 1.165) is 6.42 Å². The number of allylic oxidation sites excluding steroid dienone is 4.